The average Bonchev–Trinajstić information content (AvgIpc) is 3.39. The zero-order valence-corrected chi connectivity index (χ0v) is 13.6. The Balaban J connectivity index is 1.50. The third kappa shape index (κ3) is 3.44. The van der Waals surface area contributed by atoms with Crippen LogP contribution in [0.25, 0.3) is 11.4 Å². The lowest BCUT2D eigenvalue weighted by Crippen LogP contribution is -2.27. The molecule has 25 heavy (non-hydrogen) atoms. The van der Waals surface area contributed by atoms with Crippen molar-refractivity contribution in [3.05, 3.63) is 66.0 Å². The Morgan fingerprint density at radius 1 is 1.16 bits per heavy atom. The van der Waals surface area contributed by atoms with Crippen LogP contribution >= 0.6 is 0 Å². The van der Waals surface area contributed by atoms with Crippen LogP contribution < -0.4 is 11.1 Å². The summed E-state index contributed by atoms with van der Waals surface area (Å²) in [7, 11) is 0. The maximum absolute atomic E-state index is 12.4. The van der Waals surface area contributed by atoms with Crippen molar-refractivity contribution in [1.82, 2.24) is 15.2 Å². The minimum Gasteiger partial charge on any atom is -0.324 e. The van der Waals surface area contributed by atoms with Gasteiger partial charge in [-0.1, -0.05) is 42.5 Å². The lowest BCUT2D eigenvalue weighted by Gasteiger charge is -2.13. The van der Waals surface area contributed by atoms with E-state index in [0.717, 1.165) is 17.0 Å². The first-order valence-electron chi connectivity index (χ1n) is 8.35. The number of carbonyl (C=O) groups is 1. The van der Waals surface area contributed by atoms with E-state index in [-0.39, 0.29) is 5.91 Å². The number of nitrogens with two attached hydrogens (primary N) is 1. The molecule has 0 saturated heterocycles. The van der Waals surface area contributed by atoms with Crippen molar-refractivity contribution >= 4 is 11.6 Å². The topological polar surface area (TPSA) is 96.7 Å². The van der Waals surface area contributed by atoms with Crippen LogP contribution in [0.2, 0.25) is 0 Å². The molecule has 1 atom stereocenters. The number of nitrogens with one attached hydrogen (secondary N) is 2. The van der Waals surface area contributed by atoms with Gasteiger partial charge in [-0.25, -0.2) is 4.98 Å². The van der Waals surface area contributed by atoms with Gasteiger partial charge in [-0.15, -0.1) is 0 Å². The first kappa shape index (κ1) is 15.5. The van der Waals surface area contributed by atoms with Crippen molar-refractivity contribution in [2.24, 2.45) is 5.73 Å². The van der Waals surface area contributed by atoms with E-state index in [1.165, 1.54) is 12.8 Å². The standard InChI is InChI=1S/C19H19N5O/c20-16(12-5-2-1-3-6-12)19(25)21-15-8-4-7-14(11-15)18-22-17(23-24-18)13-9-10-13/h1-8,11,13,16H,9-10,20H2,(H,21,25)(H,22,23,24)/t16-/m1/s1. The molecule has 0 radical (unpaired) electrons. The van der Waals surface area contributed by atoms with E-state index < -0.39 is 6.04 Å². The van der Waals surface area contributed by atoms with E-state index in [2.05, 4.69) is 20.5 Å². The second-order valence-corrected chi connectivity index (χ2v) is 6.28. The van der Waals surface area contributed by atoms with Crippen molar-refractivity contribution < 1.29 is 4.79 Å². The highest BCUT2D eigenvalue weighted by atomic mass is 16.2. The molecule has 1 aromatic heterocycles. The SMILES string of the molecule is N[C@@H](C(=O)Nc1cccc(-c2n[nH]c(C3CC3)n2)c1)c1ccccc1. The molecule has 1 aliphatic rings. The molecule has 1 heterocycles. The number of anilines is 1. The zero-order valence-electron chi connectivity index (χ0n) is 13.6. The number of benzene rings is 2. The van der Waals surface area contributed by atoms with Gasteiger partial charge in [0.1, 0.15) is 11.9 Å². The van der Waals surface area contributed by atoms with Gasteiger partial charge >= 0.3 is 0 Å². The zero-order chi connectivity index (χ0) is 17.2. The predicted octanol–water partition coefficient (Wildman–Crippen LogP) is 2.99. The molecule has 0 unspecified atom stereocenters. The highest BCUT2D eigenvalue weighted by Crippen LogP contribution is 2.38. The molecule has 4 N–H and O–H groups in total. The summed E-state index contributed by atoms with van der Waals surface area (Å²) in [5, 5.41) is 10.1. The van der Waals surface area contributed by atoms with E-state index in [9.17, 15) is 4.79 Å². The van der Waals surface area contributed by atoms with Gasteiger partial charge in [-0.3, -0.25) is 9.89 Å². The molecular formula is C19H19N5O. The van der Waals surface area contributed by atoms with Gasteiger partial charge in [0.2, 0.25) is 5.91 Å². The lowest BCUT2D eigenvalue weighted by molar-refractivity contribution is -0.117. The fourth-order valence-electron chi connectivity index (χ4n) is 2.71. The largest absolute Gasteiger partial charge is 0.324 e. The first-order valence-corrected chi connectivity index (χ1v) is 8.35. The fourth-order valence-corrected chi connectivity index (χ4v) is 2.71. The third-order valence-electron chi connectivity index (χ3n) is 4.30. The van der Waals surface area contributed by atoms with Crippen LogP contribution in [-0.2, 0) is 4.79 Å². The van der Waals surface area contributed by atoms with Gasteiger partial charge in [-0.05, 0) is 30.5 Å². The van der Waals surface area contributed by atoms with E-state index >= 15 is 0 Å². The fraction of sp³-hybridized carbons (Fsp3) is 0.211. The van der Waals surface area contributed by atoms with Crippen molar-refractivity contribution in [2.75, 3.05) is 5.32 Å². The van der Waals surface area contributed by atoms with Crippen LogP contribution in [-0.4, -0.2) is 21.1 Å². The van der Waals surface area contributed by atoms with Gasteiger partial charge < -0.3 is 11.1 Å². The third-order valence-corrected chi connectivity index (χ3v) is 4.30. The summed E-state index contributed by atoms with van der Waals surface area (Å²) in [6.07, 6.45) is 2.34. The first-order chi connectivity index (χ1) is 12.2. The van der Waals surface area contributed by atoms with E-state index in [0.29, 0.717) is 17.4 Å². The number of aromatic nitrogens is 3. The number of hydrogen-bond acceptors (Lipinski definition) is 4. The summed E-state index contributed by atoms with van der Waals surface area (Å²) in [5.74, 6) is 1.85. The van der Waals surface area contributed by atoms with Crippen LogP contribution in [0.15, 0.2) is 54.6 Å². The Hall–Kier alpha value is -2.99. The van der Waals surface area contributed by atoms with Crippen LogP contribution in [0.3, 0.4) is 0 Å². The summed E-state index contributed by atoms with van der Waals surface area (Å²) in [5.41, 5.74) is 8.34. The van der Waals surface area contributed by atoms with Crippen LogP contribution in [0, 0.1) is 0 Å². The van der Waals surface area contributed by atoms with Crippen molar-refractivity contribution in [3.63, 3.8) is 0 Å². The van der Waals surface area contributed by atoms with Crippen molar-refractivity contribution in [2.45, 2.75) is 24.8 Å². The summed E-state index contributed by atoms with van der Waals surface area (Å²) < 4.78 is 0. The summed E-state index contributed by atoms with van der Waals surface area (Å²) >= 11 is 0. The number of H-pyrrole nitrogens is 1. The molecule has 1 aliphatic carbocycles. The maximum atomic E-state index is 12.4. The quantitative estimate of drug-likeness (QED) is 0.668. The summed E-state index contributed by atoms with van der Waals surface area (Å²) in [4.78, 5) is 16.9. The number of amides is 1. The van der Waals surface area contributed by atoms with E-state index in [4.69, 9.17) is 5.73 Å². The Kier molecular flexibility index (Phi) is 4.03. The lowest BCUT2D eigenvalue weighted by atomic mass is 10.1. The summed E-state index contributed by atoms with van der Waals surface area (Å²) in [6, 6.07) is 16.1. The smallest absolute Gasteiger partial charge is 0.245 e. The monoisotopic (exact) mass is 333 g/mol. The molecule has 126 valence electrons. The second kappa shape index (κ2) is 6.49. The molecule has 0 spiro atoms. The van der Waals surface area contributed by atoms with E-state index in [1.54, 1.807) is 0 Å². The highest BCUT2D eigenvalue weighted by molar-refractivity contribution is 5.95. The van der Waals surface area contributed by atoms with Gasteiger partial charge in [0.25, 0.3) is 0 Å². The molecule has 3 aromatic rings. The number of nitrogens with zero attached hydrogens (tertiary/aromatic N) is 2. The molecule has 4 rings (SSSR count). The molecule has 6 nitrogen and oxygen atoms in total. The number of carbonyl (C=O) groups excluding carboxylic acids is 1. The minimum absolute atomic E-state index is 0.253. The number of hydrogen-bond donors (Lipinski definition) is 3. The van der Waals surface area contributed by atoms with Crippen molar-refractivity contribution in [1.29, 1.82) is 0 Å². The van der Waals surface area contributed by atoms with Crippen molar-refractivity contribution in [3.8, 4) is 11.4 Å². The van der Waals surface area contributed by atoms with Gasteiger partial charge in [0.15, 0.2) is 5.82 Å². The average molecular weight is 333 g/mol. The molecule has 1 fully saturated rings. The molecule has 1 saturated carbocycles. The van der Waals surface area contributed by atoms with Gasteiger partial charge in [-0.2, -0.15) is 5.10 Å². The number of rotatable bonds is 5. The Labute approximate surface area is 145 Å². The minimum atomic E-state index is -0.713. The van der Waals surface area contributed by atoms with E-state index in [1.807, 2.05) is 54.6 Å². The second-order valence-electron chi connectivity index (χ2n) is 6.28. The van der Waals surface area contributed by atoms with Gasteiger partial charge in [0.05, 0.1) is 0 Å². The Bertz CT molecular complexity index is 886. The maximum Gasteiger partial charge on any atom is 0.245 e. The van der Waals surface area contributed by atoms with Crippen LogP contribution in [0.5, 0.6) is 0 Å². The highest BCUT2D eigenvalue weighted by Gasteiger charge is 2.27. The normalized spacial score (nSPS) is 14.9. The molecule has 6 heteroatoms. The Morgan fingerprint density at radius 3 is 2.72 bits per heavy atom. The summed E-state index contributed by atoms with van der Waals surface area (Å²) in [6.45, 7) is 0. The number of aromatic amines is 1. The molecule has 0 aliphatic heterocycles. The molecular weight excluding hydrogens is 314 g/mol. The molecule has 0 bridgehead atoms. The van der Waals surface area contributed by atoms with Crippen LogP contribution in [0.4, 0.5) is 5.69 Å². The Morgan fingerprint density at radius 2 is 1.96 bits per heavy atom. The predicted molar refractivity (Wildman–Crippen MR) is 95.8 cm³/mol. The van der Waals surface area contributed by atoms with Crippen LogP contribution in [0.1, 0.15) is 36.2 Å². The molecule has 2 aromatic carbocycles. The van der Waals surface area contributed by atoms with Gasteiger partial charge in [0, 0.05) is 17.2 Å². The molecule has 1 amide bonds.